The lowest BCUT2D eigenvalue weighted by Crippen LogP contribution is -2.35. The van der Waals surface area contributed by atoms with E-state index < -0.39 is 11.4 Å². The number of aldehydes is 2. The minimum Gasteiger partial charge on any atom is -0.507 e. The van der Waals surface area contributed by atoms with E-state index in [1.165, 1.54) is 0 Å². The number of rotatable bonds is 10. The number of ether oxygens (including phenoxy) is 1. The molecule has 1 fully saturated rings. The van der Waals surface area contributed by atoms with Crippen molar-refractivity contribution in [3.8, 4) is 17.2 Å². The zero-order valence-corrected chi connectivity index (χ0v) is 19.7. The van der Waals surface area contributed by atoms with Crippen LogP contribution in [0.1, 0.15) is 107 Å². The van der Waals surface area contributed by atoms with E-state index >= 15 is 0 Å². The van der Waals surface area contributed by atoms with Crippen LogP contribution < -0.4 is 4.74 Å². The summed E-state index contributed by atoms with van der Waals surface area (Å²) in [6, 6.07) is 0. The van der Waals surface area contributed by atoms with Crippen LogP contribution in [0.15, 0.2) is 0 Å². The molecule has 3 atom stereocenters. The molecule has 0 aliphatic heterocycles. The topological polar surface area (TPSA) is 83.8 Å². The lowest BCUT2D eigenvalue weighted by molar-refractivity contribution is 0.0560. The zero-order valence-electron chi connectivity index (χ0n) is 19.7. The molecule has 1 saturated carbocycles. The third-order valence-electron chi connectivity index (χ3n) is 7.19. The summed E-state index contributed by atoms with van der Waals surface area (Å²) < 4.78 is 6.48. The summed E-state index contributed by atoms with van der Waals surface area (Å²) in [6.07, 6.45) is 3.72. The highest BCUT2D eigenvalue weighted by atomic mass is 16.5. The number of benzene rings is 1. The third-order valence-corrected chi connectivity index (χ3v) is 7.19. The summed E-state index contributed by atoms with van der Waals surface area (Å²) in [5.41, 5.74) is -0.330. The normalized spacial score (nSPS) is 22.3. The Balaban J connectivity index is 2.63. The first-order valence-electron chi connectivity index (χ1n) is 11.1. The molecule has 0 spiro atoms. The number of phenols is 2. The minimum absolute atomic E-state index is 0.0686. The monoisotopic (exact) mass is 418 g/mol. The molecule has 168 valence electrons. The smallest absolute Gasteiger partial charge is 0.157 e. The predicted octanol–water partition coefficient (Wildman–Crippen LogP) is 6.10. The van der Waals surface area contributed by atoms with Crippen LogP contribution in [-0.4, -0.2) is 28.4 Å². The van der Waals surface area contributed by atoms with Gasteiger partial charge < -0.3 is 14.9 Å². The van der Waals surface area contributed by atoms with Gasteiger partial charge in [0.15, 0.2) is 12.6 Å². The van der Waals surface area contributed by atoms with Crippen LogP contribution >= 0.6 is 0 Å². The van der Waals surface area contributed by atoms with Gasteiger partial charge in [-0.05, 0) is 56.3 Å². The average molecular weight is 419 g/mol. The highest BCUT2D eigenvalue weighted by Crippen LogP contribution is 2.65. The lowest BCUT2D eigenvalue weighted by atomic mass is 9.82. The Morgan fingerprint density at radius 3 is 2.03 bits per heavy atom. The predicted molar refractivity (Wildman–Crippen MR) is 119 cm³/mol. The molecule has 5 nitrogen and oxygen atoms in total. The van der Waals surface area contributed by atoms with E-state index in [1.807, 2.05) is 20.8 Å². The van der Waals surface area contributed by atoms with Crippen molar-refractivity contribution < 1.29 is 24.5 Å². The molecule has 2 N–H and O–H groups in total. The molecule has 1 aliphatic carbocycles. The third kappa shape index (κ3) is 4.08. The lowest BCUT2D eigenvalue weighted by Gasteiger charge is -2.34. The molecular weight excluding hydrogens is 380 g/mol. The first kappa shape index (κ1) is 24.2. The molecule has 0 saturated heterocycles. The first-order valence-corrected chi connectivity index (χ1v) is 11.1. The summed E-state index contributed by atoms with van der Waals surface area (Å²) in [6.45, 7) is 16.7. The number of carbonyl (C=O) groups excluding carboxylic acids is 2. The molecule has 5 heteroatoms. The number of phenolic OH excluding ortho intramolecular Hbond substituents is 2. The van der Waals surface area contributed by atoms with E-state index in [1.54, 1.807) is 0 Å². The van der Waals surface area contributed by atoms with E-state index in [0.29, 0.717) is 30.0 Å². The minimum atomic E-state index is -0.605. The molecule has 2 rings (SSSR count). The Morgan fingerprint density at radius 2 is 1.63 bits per heavy atom. The molecule has 0 bridgehead atoms. The van der Waals surface area contributed by atoms with Gasteiger partial charge in [-0.15, -0.1) is 0 Å². The SMILES string of the molecule is CC[C@@]1(C(C)C)C[C@H]1C(C)(C)Oc1c(C=O)c(O)c(C=O)c(O)c1[C@@H](C)CC(C)C. The second-order valence-corrected chi connectivity index (χ2v) is 10.2. The number of hydrogen-bond donors (Lipinski definition) is 2. The highest BCUT2D eigenvalue weighted by molar-refractivity contribution is 5.95. The van der Waals surface area contributed by atoms with Crippen molar-refractivity contribution in [3.05, 3.63) is 16.7 Å². The maximum Gasteiger partial charge on any atom is 0.157 e. The van der Waals surface area contributed by atoms with Gasteiger partial charge in [-0.3, -0.25) is 9.59 Å². The fraction of sp³-hybridized carbons (Fsp3) is 0.680. The van der Waals surface area contributed by atoms with Crippen LogP contribution in [0.2, 0.25) is 0 Å². The zero-order chi connectivity index (χ0) is 23.0. The van der Waals surface area contributed by atoms with E-state index in [9.17, 15) is 19.8 Å². The largest absolute Gasteiger partial charge is 0.507 e. The molecule has 1 aliphatic rings. The van der Waals surface area contributed by atoms with Gasteiger partial charge in [0, 0.05) is 11.5 Å². The maximum atomic E-state index is 12.0. The molecule has 0 heterocycles. The first-order chi connectivity index (χ1) is 13.9. The molecule has 1 aromatic carbocycles. The fourth-order valence-corrected chi connectivity index (χ4v) is 5.41. The maximum absolute atomic E-state index is 12.0. The molecule has 30 heavy (non-hydrogen) atoms. The van der Waals surface area contributed by atoms with Gasteiger partial charge in [0.25, 0.3) is 0 Å². The Bertz CT molecular complexity index is 808. The van der Waals surface area contributed by atoms with Crippen molar-refractivity contribution >= 4 is 12.6 Å². The number of hydrogen-bond acceptors (Lipinski definition) is 5. The van der Waals surface area contributed by atoms with Gasteiger partial charge in [-0.1, -0.05) is 41.5 Å². The molecule has 0 radical (unpaired) electrons. The summed E-state index contributed by atoms with van der Waals surface area (Å²) >= 11 is 0. The molecule has 0 aromatic heterocycles. The van der Waals surface area contributed by atoms with Gasteiger partial charge >= 0.3 is 0 Å². The van der Waals surface area contributed by atoms with Crippen molar-refractivity contribution in [2.75, 3.05) is 0 Å². The number of aromatic hydroxyl groups is 2. The fourth-order valence-electron chi connectivity index (χ4n) is 5.41. The van der Waals surface area contributed by atoms with Crippen molar-refractivity contribution in [3.63, 3.8) is 0 Å². The summed E-state index contributed by atoms with van der Waals surface area (Å²) in [5, 5.41) is 21.4. The molecule has 1 aromatic rings. The highest BCUT2D eigenvalue weighted by Gasteiger charge is 2.61. The van der Waals surface area contributed by atoms with E-state index in [4.69, 9.17) is 4.74 Å². The average Bonchev–Trinajstić information content (AvgIpc) is 3.39. The van der Waals surface area contributed by atoms with Gasteiger partial charge in [0.1, 0.15) is 22.8 Å². The Morgan fingerprint density at radius 1 is 1.07 bits per heavy atom. The van der Waals surface area contributed by atoms with Crippen LogP contribution in [-0.2, 0) is 0 Å². The quantitative estimate of drug-likeness (QED) is 0.448. The van der Waals surface area contributed by atoms with Crippen molar-refractivity contribution in [2.24, 2.45) is 23.2 Å². The standard InChI is InChI=1S/C25H38O5/c1-9-25(15(4)5)11-19(25)24(7,8)30-23-18(13-27)21(28)17(12-26)22(29)20(23)16(6)10-14(2)3/h12-16,19,28-29H,9-11H2,1-8H3/t16-,19-,25-/m0/s1. The molecule has 0 unspecified atom stereocenters. The van der Waals surface area contributed by atoms with Crippen molar-refractivity contribution in [1.82, 2.24) is 0 Å². The Hall–Kier alpha value is -2.04. The van der Waals surface area contributed by atoms with E-state index in [-0.39, 0.29) is 39.9 Å². The van der Waals surface area contributed by atoms with Crippen molar-refractivity contribution in [1.29, 1.82) is 0 Å². The van der Waals surface area contributed by atoms with E-state index in [2.05, 4.69) is 34.6 Å². The van der Waals surface area contributed by atoms with E-state index in [0.717, 1.165) is 19.3 Å². The van der Waals surface area contributed by atoms with Crippen LogP contribution in [0.3, 0.4) is 0 Å². The second kappa shape index (κ2) is 8.60. The van der Waals surface area contributed by atoms with Crippen LogP contribution in [0.4, 0.5) is 0 Å². The van der Waals surface area contributed by atoms with Crippen LogP contribution in [0.25, 0.3) is 0 Å². The Labute approximate surface area is 180 Å². The summed E-state index contributed by atoms with van der Waals surface area (Å²) in [5.74, 6) is 0.347. The van der Waals surface area contributed by atoms with Crippen LogP contribution in [0, 0.1) is 23.2 Å². The summed E-state index contributed by atoms with van der Waals surface area (Å²) in [4.78, 5) is 23.5. The van der Waals surface area contributed by atoms with Gasteiger partial charge in [0.05, 0.1) is 11.1 Å². The van der Waals surface area contributed by atoms with Crippen molar-refractivity contribution in [2.45, 2.75) is 86.2 Å². The van der Waals surface area contributed by atoms with Gasteiger partial charge in [0.2, 0.25) is 0 Å². The Kier molecular flexibility index (Phi) is 6.95. The molecular formula is C25H38O5. The number of carbonyl (C=O) groups is 2. The van der Waals surface area contributed by atoms with Gasteiger partial charge in [-0.25, -0.2) is 0 Å². The van der Waals surface area contributed by atoms with Gasteiger partial charge in [-0.2, -0.15) is 0 Å². The molecule has 0 amide bonds. The second-order valence-electron chi connectivity index (χ2n) is 10.2. The summed E-state index contributed by atoms with van der Waals surface area (Å²) in [7, 11) is 0. The van der Waals surface area contributed by atoms with Crippen LogP contribution in [0.5, 0.6) is 17.2 Å².